The second kappa shape index (κ2) is 3.14. The maximum atomic E-state index is 12.4. The van der Waals surface area contributed by atoms with Crippen LogP contribution in [-0.2, 0) is 4.79 Å². The summed E-state index contributed by atoms with van der Waals surface area (Å²) in [6.07, 6.45) is 11.4. The molecular weight excluding hydrogens is 210 g/mol. The van der Waals surface area contributed by atoms with E-state index in [-0.39, 0.29) is 5.54 Å². The molecule has 0 aromatic rings. The van der Waals surface area contributed by atoms with E-state index in [1.54, 1.807) is 0 Å². The number of Topliss-reactive ketones (excluding diaryl/α,β-unsaturated/α-hetero) is 1. The molecule has 94 valence electrons. The number of ketones is 1. The first-order valence-electron chi connectivity index (χ1n) is 7.48. The Labute approximate surface area is 104 Å². The standard InChI is InChI=1S/C15H23NO/c1-14-6-3-8-15-7-2-4-11(16(14)15)10-13(17)12(14)5-9-15/h11-12H,2-10H2,1H3/t11-,12+,14+,15?/m0/s1. The van der Waals surface area contributed by atoms with Gasteiger partial charge in [0.25, 0.3) is 0 Å². The van der Waals surface area contributed by atoms with Gasteiger partial charge in [0.2, 0.25) is 0 Å². The summed E-state index contributed by atoms with van der Waals surface area (Å²) in [7, 11) is 0. The number of nitrogens with zero attached hydrogens (tertiary/aromatic N) is 1. The minimum absolute atomic E-state index is 0.233. The van der Waals surface area contributed by atoms with E-state index >= 15 is 0 Å². The molecule has 17 heavy (non-hydrogen) atoms. The van der Waals surface area contributed by atoms with E-state index in [1.807, 2.05) is 0 Å². The van der Waals surface area contributed by atoms with E-state index in [9.17, 15) is 4.79 Å². The number of hydrogen-bond acceptors (Lipinski definition) is 2. The van der Waals surface area contributed by atoms with Crippen molar-refractivity contribution in [3.63, 3.8) is 0 Å². The zero-order valence-corrected chi connectivity index (χ0v) is 10.9. The molecule has 0 saturated carbocycles. The Kier molecular flexibility index (Phi) is 1.95. The normalized spacial score (nSPS) is 53.6. The zero-order chi connectivity index (χ0) is 11.7. The van der Waals surface area contributed by atoms with Crippen molar-refractivity contribution in [2.75, 3.05) is 0 Å². The third-order valence-corrected chi connectivity index (χ3v) is 6.41. The van der Waals surface area contributed by atoms with Crippen molar-refractivity contribution in [1.29, 1.82) is 0 Å². The number of rotatable bonds is 0. The van der Waals surface area contributed by atoms with Gasteiger partial charge in [0, 0.05) is 29.5 Å². The zero-order valence-electron chi connectivity index (χ0n) is 10.9. The summed E-state index contributed by atoms with van der Waals surface area (Å²) in [5, 5.41) is 0. The summed E-state index contributed by atoms with van der Waals surface area (Å²) in [4.78, 5) is 15.2. The highest BCUT2D eigenvalue weighted by Gasteiger charge is 2.62. The Balaban J connectivity index is 1.86. The van der Waals surface area contributed by atoms with Crippen molar-refractivity contribution in [1.82, 2.24) is 4.90 Å². The molecule has 4 bridgehead atoms. The number of carbonyl (C=O) groups is 1. The summed E-state index contributed by atoms with van der Waals surface area (Å²) in [6.45, 7) is 2.40. The second-order valence-corrected chi connectivity index (χ2v) is 7.11. The number of hydrogen-bond donors (Lipinski definition) is 0. The lowest BCUT2D eigenvalue weighted by Gasteiger charge is -2.69. The summed E-state index contributed by atoms with van der Waals surface area (Å²) < 4.78 is 0. The van der Waals surface area contributed by atoms with Gasteiger partial charge in [-0.25, -0.2) is 0 Å². The van der Waals surface area contributed by atoms with Crippen LogP contribution in [0.3, 0.4) is 0 Å². The van der Waals surface area contributed by atoms with Gasteiger partial charge in [-0.3, -0.25) is 9.69 Å². The van der Waals surface area contributed by atoms with Crippen molar-refractivity contribution >= 4 is 5.78 Å². The summed E-state index contributed by atoms with van der Waals surface area (Å²) >= 11 is 0. The molecular formula is C15H23NO. The highest BCUT2D eigenvalue weighted by molar-refractivity contribution is 5.84. The van der Waals surface area contributed by atoms with E-state index in [0.717, 1.165) is 6.42 Å². The fourth-order valence-corrected chi connectivity index (χ4v) is 5.92. The van der Waals surface area contributed by atoms with Crippen molar-refractivity contribution in [3.05, 3.63) is 0 Å². The monoisotopic (exact) mass is 233 g/mol. The summed E-state index contributed by atoms with van der Waals surface area (Å²) in [5.41, 5.74) is 0.740. The van der Waals surface area contributed by atoms with Gasteiger partial charge in [0.15, 0.2) is 0 Å². The van der Waals surface area contributed by atoms with Crippen LogP contribution in [0.4, 0.5) is 0 Å². The predicted octanol–water partition coefficient (Wildman–Crippen LogP) is 2.91. The molecule has 0 aromatic carbocycles. The Hall–Kier alpha value is -0.370. The molecule has 0 aromatic heterocycles. The largest absolute Gasteiger partial charge is 0.299 e. The van der Waals surface area contributed by atoms with E-state index < -0.39 is 0 Å². The van der Waals surface area contributed by atoms with Crippen molar-refractivity contribution in [3.8, 4) is 0 Å². The number of carbonyl (C=O) groups excluding carboxylic acids is 1. The van der Waals surface area contributed by atoms with Gasteiger partial charge >= 0.3 is 0 Å². The van der Waals surface area contributed by atoms with E-state index in [4.69, 9.17) is 0 Å². The van der Waals surface area contributed by atoms with Crippen LogP contribution in [0, 0.1) is 5.92 Å². The van der Waals surface area contributed by atoms with Crippen LogP contribution < -0.4 is 0 Å². The molecule has 2 heteroatoms. The van der Waals surface area contributed by atoms with Crippen molar-refractivity contribution in [2.45, 2.75) is 81.8 Å². The van der Waals surface area contributed by atoms with Gasteiger partial charge < -0.3 is 0 Å². The van der Waals surface area contributed by atoms with Crippen LogP contribution in [0.5, 0.6) is 0 Å². The lowest BCUT2D eigenvalue weighted by atomic mass is 9.55. The molecule has 4 fully saturated rings. The van der Waals surface area contributed by atoms with Crippen LogP contribution in [-0.4, -0.2) is 27.8 Å². The first kappa shape index (κ1) is 10.5. The maximum Gasteiger partial charge on any atom is 0.139 e. The summed E-state index contributed by atoms with van der Waals surface area (Å²) in [6, 6.07) is 0.595. The number of piperidine rings is 4. The predicted molar refractivity (Wildman–Crippen MR) is 66.8 cm³/mol. The fourth-order valence-electron chi connectivity index (χ4n) is 5.92. The summed E-state index contributed by atoms with van der Waals surface area (Å²) in [5.74, 6) is 0.955. The second-order valence-electron chi connectivity index (χ2n) is 7.11. The Morgan fingerprint density at radius 2 is 1.94 bits per heavy atom. The van der Waals surface area contributed by atoms with Crippen molar-refractivity contribution < 1.29 is 4.79 Å². The Morgan fingerprint density at radius 3 is 2.82 bits per heavy atom. The molecule has 4 rings (SSSR count). The quantitative estimate of drug-likeness (QED) is 0.641. The third-order valence-electron chi connectivity index (χ3n) is 6.41. The van der Waals surface area contributed by atoms with E-state index in [2.05, 4.69) is 11.8 Å². The minimum atomic E-state index is 0.233. The molecule has 1 unspecified atom stereocenters. The molecule has 4 atom stereocenters. The molecule has 0 amide bonds. The first-order chi connectivity index (χ1) is 8.16. The van der Waals surface area contributed by atoms with Crippen LogP contribution in [0.15, 0.2) is 0 Å². The molecule has 4 heterocycles. The van der Waals surface area contributed by atoms with E-state index in [0.29, 0.717) is 23.3 Å². The van der Waals surface area contributed by atoms with Crippen LogP contribution in [0.2, 0.25) is 0 Å². The average Bonchev–Trinajstić information content (AvgIpc) is 2.26. The smallest absolute Gasteiger partial charge is 0.139 e. The van der Waals surface area contributed by atoms with Gasteiger partial charge in [-0.05, 0) is 51.9 Å². The maximum absolute atomic E-state index is 12.4. The van der Waals surface area contributed by atoms with E-state index in [1.165, 1.54) is 51.4 Å². The molecule has 0 N–H and O–H groups in total. The first-order valence-corrected chi connectivity index (χ1v) is 7.48. The topological polar surface area (TPSA) is 20.3 Å². The molecule has 0 radical (unpaired) electrons. The average molecular weight is 233 g/mol. The van der Waals surface area contributed by atoms with Crippen molar-refractivity contribution in [2.24, 2.45) is 5.92 Å². The molecule has 0 aliphatic carbocycles. The molecule has 4 aliphatic rings. The van der Waals surface area contributed by atoms with Crippen LogP contribution in [0.1, 0.15) is 64.7 Å². The SMILES string of the molecule is C[C@@]12CCCC34CCC[C@@H](CC(=O)[C@H]1CC3)N42. The Morgan fingerprint density at radius 1 is 1.12 bits per heavy atom. The van der Waals surface area contributed by atoms with Gasteiger partial charge in [-0.1, -0.05) is 6.42 Å². The molecule has 0 spiro atoms. The molecule has 4 saturated heterocycles. The Bertz CT molecular complexity index is 375. The van der Waals surface area contributed by atoms with Crippen LogP contribution >= 0.6 is 0 Å². The van der Waals surface area contributed by atoms with Gasteiger partial charge in [0.1, 0.15) is 5.78 Å². The molecule has 4 aliphatic heterocycles. The van der Waals surface area contributed by atoms with Crippen LogP contribution in [0.25, 0.3) is 0 Å². The van der Waals surface area contributed by atoms with Gasteiger partial charge in [-0.15, -0.1) is 0 Å². The highest BCUT2D eigenvalue weighted by Crippen LogP contribution is 2.58. The van der Waals surface area contributed by atoms with Gasteiger partial charge in [0.05, 0.1) is 0 Å². The lowest BCUT2D eigenvalue weighted by Crippen LogP contribution is -2.76. The fraction of sp³-hybridized carbons (Fsp3) is 0.933. The minimum Gasteiger partial charge on any atom is -0.299 e. The van der Waals surface area contributed by atoms with Gasteiger partial charge in [-0.2, -0.15) is 0 Å². The highest BCUT2D eigenvalue weighted by atomic mass is 16.1. The molecule has 2 nitrogen and oxygen atoms in total. The lowest BCUT2D eigenvalue weighted by molar-refractivity contribution is -0.195. The third kappa shape index (κ3) is 1.13.